The zero-order valence-corrected chi connectivity index (χ0v) is 11.9. The number of primary amides is 1. The van der Waals surface area contributed by atoms with Crippen LogP contribution in [0.1, 0.15) is 17.3 Å². The molecule has 0 saturated carbocycles. The third-order valence-corrected chi connectivity index (χ3v) is 3.04. The van der Waals surface area contributed by atoms with Gasteiger partial charge in [0.25, 0.3) is 0 Å². The zero-order valence-electron chi connectivity index (χ0n) is 11.1. The number of nitrogens with two attached hydrogens (primary N) is 1. The topological polar surface area (TPSA) is 93.4 Å². The molecule has 1 saturated heterocycles. The third-order valence-electron chi connectivity index (χ3n) is 3.04. The number of morpholine rings is 1. The molecule has 0 radical (unpaired) electrons. The number of hydrogen-bond acceptors (Lipinski definition) is 4. The standard InChI is InChI=1S/C13H17N3O3.ClH/c1-8-11(15-6-7-19-8)13(18)16-10-4-2-9(3-5-10)12(14)17;/h2-5,8,11,15H,6-7H2,1H3,(H2,14,17)(H,16,18);1H/t8-,11+;/m1./s1. The smallest absolute Gasteiger partial charge is 0.248 e. The Morgan fingerprint density at radius 1 is 1.35 bits per heavy atom. The van der Waals surface area contributed by atoms with Crippen molar-refractivity contribution in [1.82, 2.24) is 5.32 Å². The molecular weight excluding hydrogens is 282 g/mol. The van der Waals surface area contributed by atoms with Crippen LogP contribution >= 0.6 is 12.4 Å². The Bertz CT molecular complexity index is 478. The van der Waals surface area contributed by atoms with E-state index in [2.05, 4.69) is 10.6 Å². The molecule has 2 atom stereocenters. The van der Waals surface area contributed by atoms with Crippen molar-refractivity contribution in [2.45, 2.75) is 19.1 Å². The molecule has 2 amide bonds. The summed E-state index contributed by atoms with van der Waals surface area (Å²) >= 11 is 0. The van der Waals surface area contributed by atoms with Gasteiger partial charge in [0.05, 0.1) is 12.7 Å². The second-order valence-corrected chi connectivity index (χ2v) is 4.44. The van der Waals surface area contributed by atoms with Gasteiger partial charge >= 0.3 is 0 Å². The van der Waals surface area contributed by atoms with Crippen molar-refractivity contribution >= 4 is 29.9 Å². The largest absolute Gasteiger partial charge is 0.375 e. The van der Waals surface area contributed by atoms with E-state index >= 15 is 0 Å². The van der Waals surface area contributed by atoms with Gasteiger partial charge in [0.15, 0.2) is 0 Å². The summed E-state index contributed by atoms with van der Waals surface area (Å²) in [6, 6.07) is 6.07. The minimum Gasteiger partial charge on any atom is -0.375 e. The fourth-order valence-corrected chi connectivity index (χ4v) is 1.97. The lowest BCUT2D eigenvalue weighted by molar-refractivity contribution is -0.123. The summed E-state index contributed by atoms with van der Waals surface area (Å²) in [5, 5.41) is 5.88. The van der Waals surface area contributed by atoms with E-state index in [0.717, 1.165) is 0 Å². The fourth-order valence-electron chi connectivity index (χ4n) is 1.97. The van der Waals surface area contributed by atoms with Gasteiger partial charge in [-0.1, -0.05) is 0 Å². The highest BCUT2D eigenvalue weighted by atomic mass is 35.5. The normalized spacial score (nSPS) is 21.6. The molecule has 0 bridgehead atoms. The first-order valence-corrected chi connectivity index (χ1v) is 6.13. The number of nitrogens with one attached hydrogen (secondary N) is 2. The van der Waals surface area contributed by atoms with E-state index < -0.39 is 5.91 Å². The number of ether oxygens (including phenoxy) is 1. The molecule has 7 heteroatoms. The van der Waals surface area contributed by atoms with Crippen LogP contribution < -0.4 is 16.4 Å². The van der Waals surface area contributed by atoms with Crippen LogP contribution in [0.4, 0.5) is 5.69 Å². The molecule has 20 heavy (non-hydrogen) atoms. The number of hydrogen-bond donors (Lipinski definition) is 3. The van der Waals surface area contributed by atoms with Gasteiger partial charge in [-0.3, -0.25) is 9.59 Å². The van der Waals surface area contributed by atoms with Crippen molar-refractivity contribution in [3.8, 4) is 0 Å². The first-order valence-electron chi connectivity index (χ1n) is 6.13. The van der Waals surface area contributed by atoms with Gasteiger partial charge in [0, 0.05) is 17.8 Å². The van der Waals surface area contributed by atoms with Crippen molar-refractivity contribution in [2.24, 2.45) is 5.73 Å². The Morgan fingerprint density at radius 3 is 2.55 bits per heavy atom. The van der Waals surface area contributed by atoms with Crippen LogP contribution in [-0.2, 0) is 9.53 Å². The van der Waals surface area contributed by atoms with Crippen molar-refractivity contribution in [3.05, 3.63) is 29.8 Å². The Hall–Kier alpha value is -1.63. The molecule has 1 heterocycles. The molecule has 1 aliphatic heterocycles. The van der Waals surface area contributed by atoms with Gasteiger partial charge in [-0.15, -0.1) is 12.4 Å². The predicted octanol–water partition coefficient (Wildman–Crippen LogP) is 0.523. The second kappa shape index (κ2) is 7.23. The Balaban J connectivity index is 0.00000200. The van der Waals surface area contributed by atoms with Crippen LogP contribution in [-0.4, -0.2) is 37.1 Å². The highest BCUT2D eigenvalue weighted by molar-refractivity contribution is 5.97. The third kappa shape index (κ3) is 3.93. The molecule has 110 valence electrons. The van der Waals surface area contributed by atoms with Crippen LogP contribution in [0.3, 0.4) is 0 Å². The maximum Gasteiger partial charge on any atom is 0.248 e. The minimum absolute atomic E-state index is 0. The van der Waals surface area contributed by atoms with Crippen molar-refractivity contribution in [1.29, 1.82) is 0 Å². The lowest BCUT2D eigenvalue weighted by atomic mass is 10.1. The van der Waals surface area contributed by atoms with E-state index in [1.807, 2.05) is 6.92 Å². The van der Waals surface area contributed by atoms with Gasteiger partial charge in [-0.2, -0.15) is 0 Å². The summed E-state index contributed by atoms with van der Waals surface area (Å²) in [7, 11) is 0. The Kier molecular flexibility index (Phi) is 5.94. The molecule has 0 unspecified atom stereocenters. The van der Waals surface area contributed by atoms with Crippen LogP contribution in [0.25, 0.3) is 0 Å². The summed E-state index contributed by atoms with van der Waals surface area (Å²) in [5.41, 5.74) is 6.18. The number of carbonyl (C=O) groups is 2. The molecule has 1 aromatic rings. The Morgan fingerprint density at radius 2 is 2.00 bits per heavy atom. The minimum atomic E-state index is -0.492. The van der Waals surface area contributed by atoms with Gasteiger partial charge in [0.1, 0.15) is 6.04 Å². The maximum absolute atomic E-state index is 12.1. The Labute approximate surface area is 123 Å². The monoisotopic (exact) mass is 299 g/mol. The number of carbonyl (C=O) groups excluding carboxylic acids is 2. The molecule has 6 nitrogen and oxygen atoms in total. The van der Waals surface area contributed by atoms with Gasteiger partial charge < -0.3 is 21.1 Å². The van der Waals surface area contributed by atoms with E-state index in [1.165, 1.54) is 0 Å². The fraction of sp³-hybridized carbons (Fsp3) is 0.385. The molecule has 1 aliphatic rings. The van der Waals surface area contributed by atoms with Crippen LogP contribution in [0.5, 0.6) is 0 Å². The van der Waals surface area contributed by atoms with Crippen molar-refractivity contribution in [2.75, 3.05) is 18.5 Å². The number of rotatable bonds is 3. The summed E-state index contributed by atoms with van der Waals surface area (Å²) < 4.78 is 5.42. The average Bonchev–Trinajstić information content (AvgIpc) is 2.39. The predicted molar refractivity (Wildman–Crippen MR) is 78.0 cm³/mol. The average molecular weight is 300 g/mol. The van der Waals surface area contributed by atoms with E-state index in [0.29, 0.717) is 24.4 Å². The summed E-state index contributed by atoms with van der Waals surface area (Å²) in [5.74, 6) is -0.645. The maximum atomic E-state index is 12.1. The number of benzene rings is 1. The van der Waals surface area contributed by atoms with E-state index in [-0.39, 0.29) is 30.5 Å². The van der Waals surface area contributed by atoms with Gasteiger partial charge in [-0.25, -0.2) is 0 Å². The summed E-state index contributed by atoms with van der Waals surface area (Å²) in [4.78, 5) is 23.0. The first-order chi connectivity index (χ1) is 9.08. The number of anilines is 1. The van der Waals surface area contributed by atoms with E-state index in [4.69, 9.17) is 10.5 Å². The van der Waals surface area contributed by atoms with Crippen molar-refractivity contribution in [3.63, 3.8) is 0 Å². The molecule has 2 rings (SSSR count). The molecule has 0 spiro atoms. The lowest BCUT2D eigenvalue weighted by Crippen LogP contribution is -2.53. The van der Waals surface area contributed by atoms with Crippen LogP contribution in [0.2, 0.25) is 0 Å². The number of halogens is 1. The van der Waals surface area contributed by atoms with E-state index in [1.54, 1.807) is 24.3 Å². The molecule has 1 aromatic carbocycles. The highest BCUT2D eigenvalue weighted by Crippen LogP contribution is 2.11. The quantitative estimate of drug-likeness (QED) is 0.758. The van der Waals surface area contributed by atoms with Crippen LogP contribution in [0, 0.1) is 0 Å². The zero-order chi connectivity index (χ0) is 13.8. The summed E-state index contributed by atoms with van der Waals surface area (Å²) in [6.45, 7) is 3.12. The SMILES string of the molecule is C[C@H]1OCCN[C@@H]1C(=O)Nc1ccc(C(N)=O)cc1.Cl. The molecular formula is C13H18ClN3O3. The highest BCUT2D eigenvalue weighted by Gasteiger charge is 2.28. The van der Waals surface area contributed by atoms with Gasteiger partial charge in [-0.05, 0) is 31.2 Å². The summed E-state index contributed by atoms with van der Waals surface area (Å²) in [6.07, 6.45) is -0.168. The second-order valence-electron chi connectivity index (χ2n) is 4.44. The molecule has 4 N–H and O–H groups in total. The van der Waals surface area contributed by atoms with E-state index in [9.17, 15) is 9.59 Å². The van der Waals surface area contributed by atoms with Crippen LogP contribution in [0.15, 0.2) is 24.3 Å². The van der Waals surface area contributed by atoms with Crippen molar-refractivity contribution < 1.29 is 14.3 Å². The van der Waals surface area contributed by atoms with Gasteiger partial charge in [0.2, 0.25) is 11.8 Å². The lowest BCUT2D eigenvalue weighted by Gasteiger charge is -2.29. The molecule has 0 aliphatic carbocycles. The number of amides is 2. The first kappa shape index (κ1) is 16.4. The molecule has 0 aromatic heterocycles. The molecule has 1 fully saturated rings.